The Balaban J connectivity index is 3.42. The van der Waals surface area contributed by atoms with Gasteiger partial charge in [-0.25, -0.2) is 0 Å². The van der Waals surface area contributed by atoms with Crippen LogP contribution >= 0.6 is 15.9 Å². The standard InChI is InChI=1S/C7H2BrFN2O2/c8-5-1-4(3-10)2-6(9)7(5)11(12)13/h1-2H. The van der Waals surface area contributed by atoms with E-state index in [0.29, 0.717) is 0 Å². The molecule has 0 aromatic heterocycles. The number of halogens is 2. The van der Waals surface area contributed by atoms with Gasteiger partial charge in [0.15, 0.2) is 0 Å². The molecule has 0 unspecified atom stereocenters. The van der Waals surface area contributed by atoms with Crippen molar-refractivity contribution in [1.29, 1.82) is 5.26 Å². The van der Waals surface area contributed by atoms with Crippen molar-refractivity contribution in [1.82, 2.24) is 0 Å². The van der Waals surface area contributed by atoms with Crippen molar-refractivity contribution in [3.8, 4) is 6.07 Å². The summed E-state index contributed by atoms with van der Waals surface area (Å²) in [5, 5.41) is 18.7. The summed E-state index contributed by atoms with van der Waals surface area (Å²) < 4.78 is 12.9. The van der Waals surface area contributed by atoms with E-state index in [-0.39, 0.29) is 10.0 Å². The quantitative estimate of drug-likeness (QED) is 0.563. The van der Waals surface area contributed by atoms with E-state index in [1.807, 2.05) is 0 Å². The van der Waals surface area contributed by atoms with Crippen LogP contribution in [-0.4, -0.2) is 4.92 Å². The van der Waals surface area contributed by atoms with Crippen molar-refractivity contribution >= 4 is 21.6 Å². The third-order valence-corrected chi connectivity index (χ3v) is 1.93. The maximum absolute atomic E-state index is 12.9. The Kier molecular flexibility index (Phi) is 2.58. The van der Waals surface area contributed by atoms with Crippen LogP contribution in [0, 0.1) is 27.3 Å². The fourth-order valence-electron chi connectivity index (χ4n) is 0.804. The van der Waals surface area contributed by atoms with Crippen LogP contribution in [0.4, 0.5) is 10.1 Å². The topological polar surface area (TPSA) is 66.9 Å². The number of nitro groups is 1. The molecule has 0 radical (unpaired) electrons. The number of nitriles is 1. The summed E-state index contributed by atoms with van der Waals surface area (Å²) in [5.41, 5.74) is -0.617. The number of benzene rings is 1. The summed E-state index contributed by atoms with van der Waals surface area (Å²) in [6.45, 7) is 0. The highest BCUT2D eigenvalue weighted by atomic mass is 79.9. The van der Waals surface area contributed by atoms with Gasteiger partial charge >= 0.3 is 5.69 Å². The molecule has 0 aliphatic rings. The first kappa shape index (κ1) is 9.61. The van der Waals surface area contributed by atoms with Gasteiger partial charge in [0, 0.05) is 0 Å². The van der Waals surface area contributed by atoms with Gasteiger partial charge in [0.05, 0.1) is 21.0 Å². The molecule has 0 N–H and O–H groups in total. The second-order valence-corrected chi connectivity index (χ2v) is 3.01. The van der Waals surface area contributed by atoms with Gasteiger partial charge in [0.25, 0.3) is 0 Å². The van der Waals surface area contributed by atoms with Crippen molar-refractivity contribution in [3.63, 3.8) is 0 Å². The predicted molar refractivity (Wildman–Crippen MR) is 45.5 cm³/mol. The smallest absolute Gasteiger partial charge is 0.258 e. The largest absolute Gasteiger partial charge is 0.318 e. The molecule has 1 aromatic rings. The van der Waals surface area contributed by atoms with Gasteiger partial charge in [-0.1, -0.05) is 0 Å². The summed E-state index contributed by atoms with van der Waals surface area (Å²) >= 11 is 2.81. The molecular weight excluding hydrogens is 243 g/mol. The molecule has 66 valence electrons. The van der Waals surface area contributed by atoms with Crippen LogP contribution < -0.4 is 0 Å². The fourth-order valence-corrected chi connectivity index (χ4v) is 1.39. The number of nitrogens with zero attached hydrogens (tertiary/aromatic N) is 2. The Morgan fingerprint density at radius 1 is 1.62 bits per heavy atom. The molecule has 4 nitrogen and oxygen atoms in total. The number of hydrogen-bond donors (Lipinski definition) is 0. The summed E-state index contributed by atoms with van der Waals surface area (Å²) in [4.78, 5) is 9.45. The lowest BCUT2D eigenvalue weighted by Crippen LogP contribution is -1.94. The van der Waals surface area contributed by atoms with Gasteiger partial charge in [-0.05, 0) is 28.1 Å². The van der Waals surface area contributed by atoms with E-state index in [1.165, 1.54) is 6.07 Å². The van der Waals surface area contributed by atoms with E-state index in [9.17, 15) is 14.5 Å². The van der Waals surface area contributed by atoms with E-state index < -0.39 is 16.4 Å². The Morgan fingerprint density at radius 2 is 2.23 bits per heavy atom. The van der Waals surface area contributed by atoms with Crippen molar-refractivity contribution in [2.45, 2.75) is 0 Å². The maximum Gasteiger partial charge on any atom is 0.318 e. The molecule has 0 spiro atoms. The van der Waals surface area contributed by atoms with Crippen LogP contribution in [0.5, 0.6) is 0 Å². The number of hydrogen-bond acceptors (Lipinski definition) is 3. The minimum absolute atomic E-state index is 0.0333. The number of rotatable bonds is 1. The SMILES string of the molecule is N#Cc1cc(F)c([N+](=O)[O-])c(Br)c1. The predicted octanol–water partition coefficient (Wildman–Crippen LogP) is 2.37. The first-order valence-electron chi connectivity index (χ1n) is 3.10. The van der Waals surface area contributed by atoms with Gasteiger partial charge in [-0.3, -0.25) is 10.1 Å². The van der Waals surface area contributed by atoms with Crippen molar-refractivity contribution in [2.75, 3.05) is 0 Å². The van der Waals surface area contributed by atoms with E-state index in [1.54, 1.807) is 6.07 Å². The van der Waals surface area contributed by atoms with Crippen LogP contribution in [0.1, 0.15) is 5.56 Å². The van der Waals surface area contributed by atoms with Gasteiger partial charge in [0.2, 0.25) is 5.82 Å². The van der Waals surface area contributed by atoms with Crippen LogP contribution in [-0.2, 0) is 0 Å². The normalized spacial score (nSPS) is 9.31. The molecule has 0 bridgehead atoms. The second-order valence-electron chi connectivity index (χ2n) is 2.16. The fraction of sp³-hybridized carbons (Fsp3) is 0. The van der Waals surface area contributed by atoms with Crippen molar-refractivity contribution < 1.29 is 9.31 Å². The molecule has 13 heavy (non-hydrogen) atoms. The maximum atomic E-state index is 12.9. The molecule has 6 heteroatoms. The third kappa shape index (κ3) is 1.81. The zero-order chi connectivity index (χ0) is 10.0. The summed E-state index contributed by atoms with van der Waals surface area (Å²) in [6.07, 6.45) is 0. The lowest BCUT2D eigenvalue weighted by atomic mass is 10.2. The highest BCUT2D eigenvalue weighted by molar-refractivity contribution is 9.10. The minimum Gasteiger partial charge on any atom is -0.258 e. The molecule has 0 aliphatic carbocycles. The Morgan fingerprint density at radius 3 is 2.62 bits per heavy atom. The zero-order valence-corrected chi connectivity index (χ0v) is 7.71. The monoisotopic (exact) mass is 244 g/mol. The van der Waals surface area contributed by atoms with Crippen molar-refractivity contribution in [3.05, 3.63) is 38.1 Å². The first-order chi connectivity index (χ1) is 6.06. The van der Waals surface area contributed by atoms with Crippen LogP contribution in [0.2, 0.25) is 0 Å². The van der Waals surface area contributed by atoms with Crippen LogP contribution in [0.15, 0.2) is 16.6 Å². The van der Waals surface area contributed by atoms with Gasteiger partial charge in [0.1, 0.15) is 0 Å². The van der Waals surface area contributed by atoms with E-state index in [4.69, 9.17) is 5.26 Å². The first-order valence-corrected chi connectivity index (χ1v) is 3.89. The highest BCUT2D eigenvalue weighted by Gasteiger charge is 2.19. The van der Waals surface area contributed by atoms with E-state index in [0.717, 1.165) is 6.07 Å². The lowest BCUT2D eigenvalue weighted by Gasteiger charge is -1.96. The molecule has 0 saturated heterocycles. The number of nitro benzene ring substituents is 1. The molecule has 1 aromatic carbocycles. The molecule has 0 amide bonds. The highest BCUT2D eigenvalue weighted by Crippen LogP contribution is 2.28. The molecule has 0 saturated carbocycles. The summed E-state index contributed by atoms with van der Waals surface area (Å²) in [5.74, 6) is -1.02. The Hall–Kier alpha value is -1.48. The Labute approximate surface area is 80.9 Å². The average Bonchev–Trinajstić information content (AvgIpc) is 2.02. The minimum atomic E-state index is -1.02. The molecule has 0 aliphatic heterocycles. The molecule has 1 rings (SSSR count). The third-order valence-electron chi connectivity index (χ3n) is 1.33. The summed E-state index contributed by atoms with van der Waals surface area (Å²) in [7, 11) is 0. The Bertz CT molecular complexity index is 390. The van der Waals surface area contributed by atoms with E-state index in [2.05, 4.69) is 15.9 Å². The van der Waals surface area contributed by atoms with E-state index >= 15 is 0 Å². The molecule has 0 fully saturated rings. The summed E-state index contributed by atoms with van der Waals surface area (Å²) in [6, 6.07) is 3.70. The van der Waals surface area contributed by atoms with Gasteiger partial charge < -0.3 is 0 Å². The van der Waals surface area contributed by atoms with Crippen LogP contribution in [0.25, 0.3) is 0 Å². The van der Waals surface area contributed by atoms with Crippen LogP contribution in [0.3, 0.4) is 0 Å². The zero-order valence-electron chi connectivity index (χ0n) is 6.12. The molecular formula is C7H2BrFN2O2. The molecule has 0 atom stereocenters. The van der Waals surface area contributed by atoms with Gasteiger partial charge in [-0.2, -0.15) is 9.65 Å². The van der Waals surface area contributed by atoms with Gasteiger partial charge in [-0.15, -0.1) is 0 Å². The van der Waals surface area contributed by atoms with Crippen molar-refractivity contribution in [2.24, 2.45) is 0 Å². The molecule has 0 heterocycles. The lowest BCUT2D eigenvalue weighted by molar-refractivity contribution is -0.388. The average molecular weight is 245 g/mol. The second kappa shape index (κ2) is 3.49.